The zero-order chi connectivity index (χ0) is 33.4. The monoisotopic (exact) mass is 679 g/mol. The molecule has 0 aliphatic rings. The fraction of sp³-hybridized carbons (Fsp3) is 0.278. The molecule has 4 rings (SSSR count). The van der Waals surface area contributed by atoms with E-state index in [0.29, 0.717) is 6.42 Å². The number of halogens is 2. The first-order valence-corrected chi connectivity index (χ1v) is 17.3. The standard InChI is InChI=1S/C36H39Cl2N3O4S/c1-5-27(4)39-36(43)34(21-28-11-7-6-8-12-28)40(23-29-13-9-10-26(3)20-29)35(42)24-41(30-16-19-32(37)33(38)22-30)46(44,45)31-17-14-25(2)15-18-31/h6-20,22,27,34H,5,21,23-24H2,1-4H3,(H,39,43). The van der Waals surface area contributed by atoms with Crippen molar-refractivity contribution >= 4 is 50.7 Å². The van der Waals surface area contributed by atoms with E-state index in [9.17, 15) is 18.0 Å². The van der Waals surface area contributed by atoms with Gasteiger partial charge in [0.15, 0.2) is 0 Å². The molecule has 1 N–H and O–H groups in total. The molecule has 10 heteroatoms. The zero-order valence-corrected chi connectivity index (χ0v) is 28.7. The molecular formula is C36H39Cl2N3O4S. The van der Waals surface area contributed by atoms with Gasteiger partial charge in [0.25, 0.3) is 10.0 Å². The Morgan fingerprint density at radius 2 is 1.48 bits per heavy atom. The molecule has 7 nitrogen and oxygen atoms in total. The van der Waals surface area contributed by atoms with Crippen molar-refractivity contribution in [3.05, 3.63) is 129 Å². The number of carbonyl (C=O) groups is 2. The highest BCUT2D eigenvalue weighted by Crippen LogP contribution is 2.31. The highest BCUT2D eigenvalue weighted by Gasteiger charge is 2.35. The van der Waals surface area contributed by atoms with Crippen molar-refractivity contribution < 1.29 is 18.0 Å². The zero-order valence-electron chi connectivity index (χ0n) is 26.4. The number of carbonyl (C=O) groups excluding carboxylic acids is 2. The van der Waals surface area contributed by atoms with Crippen LogP contribution in [0, 0.1) is 13.8 Å². The molecule has 2 amide bonds. The Hall–Kier alpha value is -3.85. The molecule has 0 radical (unpaired) electrons. The van der Waals surface area contributed by atoms with E-state index in [2.05, 4.69) is 5.32 Å². The Bertz CT molecular complexity index is 1770. The Morgan fingerprint density at radius 1 is 0.804 bits per heavy atom. The maximum absolute atomic E-state index is 14.6. The molecule has 0 aromatic heterocycles. The van der Waals surface area contributed by atoms with E-state index in [0.717, 1.165) is 26.6 Å². The van der Waals surface area contributed by atoms with Crippen LogP contribution in [-0.4, -0.2) is 43.8 Å². The molecule has 0 bridgehead atoms. The third kappa shape index (κ3) is 8.90. The molecule has 4 aromatic carbocycles. The average molecular weight is 681 g/mol. The van der Waals surface area contributed by atoms with Crippen molar-refractivity contribution in [1.29, 1.82) is 0 Å². The SMILES string of the molecule is CCC(C)NC(=O)C(Cc1ccccc1)N(Cc1cccc(C)c1)C(=O)CN(c1ccc(Cl)c(Cl)c1)S(=O)(=O)c1ccc(C)cc1. The van der Waals surface area contributed by atoms with Gasteiger partial charge in [0, 0.05) is 19.0 Å². The molecule has 0 saturated heterocycles. The molecule has 2 atom stereocenters. The molecular weight excluding hydrogens is 641 g/mol. The molecule has 0 saturated carbocycles. The minimum absolute atomic E-state index is 0.0116. The first-order valence-electron chi connectivity index (χ1n) is 15.1. The molecule has 0 fully saturated rings. The summed E-state index contributed by atoms with van der Waals surface area (Å²) in [7, 11) is -4.25. The van der Waals surface area contributed by atoms with Gasteiger partial charge in [-0.2, -0.15) is 0 Å². The van der Waals surface area contributed by atoms with Crippen LogP contribution in [0.4, 0.5) is 5.69 Å². The van der Waals surface area contributed by atoms with Crippen LogP contribution in [0.1, 0.15) is 42.5 Å². The van der Waals surface area contributed by atoms with Crippen LogP contribution >= 0.6 is 23.2 Å². The Labute approximate surface area is 282 Å². The number of nitrogens with one attached hydrogen (secondary N) is 1. The summed E-state index contributed by atoms with van der Waals surface area (Å²) in [6, 6.07) is 26.9. The van der Waals surface area contributed by atoms with Crippen LogP contribution in [0.3, 0.4) is 0 Å². The van der Waals surface area contributed by atoms with E-state index < -0.39 is 28.5 Å². The maximum Gasteiger partial charge on any atom is 0.264 e. The summed E-state index contributed by atoms with van der Waals surface area (Å²) in [5.41, 5.74) is 3.72. The van der Waals surface area contributed by atoms with Crippen LogP contribution in [0.2, 0.25) is 10.0 Å². The van der Waals surface area contributed by atoms with Crippen LogP contribution in [0.25, 0.3) is 0 Å². The Balaban J connectivity index is 1.83. The lowest BCUT2D eigenvalue weighted by Gasteiger charge is -2.34. The van der Waals surface area contributed by atoms with Gasteiger partial charge in [-0.1, -0.05) is 108 Å². The van der Waals surface area contributed by atoms with Crippen LogP contribution in [-0.2, 0) is 32.6 Å². The summed E-state index contributed by atoms with van der Waals surface area (Å²) in [5, 5.41) is 3.43. The second kappa shape index (κ2) is 15.6. The fourth-order valence-corrected chi connectivity index (χ4v) is 6.71. The summed E-state index contributed by atoms with van der Waals surface area (Å²) in [6.07, 6.45) is 0.938. The summed E-state index contributed by atoms with van der Waals surface area (Å²) in [5.74, 6) is -0.870. The number of nitrogens with zero attached hydrogens (tertiary/aromatic N) is 2. The van der Waals surface area contributed by atoms with Gasteiger partial charge in [0.05, 0.1) is 20.6 Å². The van der Waals surface area contributed by atoms with Crippen molar-refractivity contribution in [2.45, 2.75) is 64.1 Å². The predicted molar refractivity (Wildman–Crippen MR) is 186 cm³/mol. The molecule has 0 aliphatic carbocycles. The second-order valence-corrected chi connectivity index (χ2v) is 14.1. The first-order chi connectivity index (χ1) is 21.9. The van der Waals surface area contributed by atoms with E-state index in [4.69, 9.17) is 23.2 Å². The number of aryl methyl sites for hydroxylation is 2. The van der Waals surface area contributed by atoms with Gasteiger partial charge in [-0.05, 0) is 68.7 Å². The molecule has 0 spiro atoms. The van der Waals surface area contributed by atoms with Gasteiger partial charge in [-0.25, -0.2) is 8.42 Å². The second-order valence-electron chi connectivity index (χ2n) is 11.5. The van der Waals surface area contributed by atoms with Gasteiger partial charge in [0.1, 0.15) is 12.6 Å². The number of rotatable bonds is 13. The van der Waals surface area contributed by atoms with E-state index in [1.807, 2.05) is 82.3 Å². The van der Waals surface area contributed by atoms with E-state index in [-0.39, 0.29) is 45.5 Å². The molecule has 2 unspecified atom stereocenters. The van der Waals surface area contributed by atoms with Crippen molar-refractivity contribution in [1.82, 2.24) is 10.2 Å². The minimum atomic E-state index is -4.25. The number of benzene rings is 4. The molecule has 242 valence electrons. The van der Waals surface area contributed by atoms with Crippen molar-refractivity contribution in [2.24, 2.45) is 0 Å². The molecule has 0 heterocycles. The minimum Gasteiger partial charge on any atom is -0.352 e. The maximum atomic E-state index is 14.6. The van der Waals surface area contributed by atoms with Gasteiger partial charge < -0.3 is 10.2 Å². The van der Waals surface area contributed by atoms with Crippen LogP contribution in [0.15, 0.2) is 102 Å². The van der Waals surface area contributed by atoms with Gasteiger partial charge in [-0.3, -0.25) is 13.9 Å². The number of sulfonamides is 1. The molecule has 46 heavy (non-hydrogen) atoms. The van der Waals surface area contributed by atoms with Gasteiger partial charge in [0.2, 0.25) is 11.8 Å². The molecule has 4 aromatic rings. The summed E-state index contributed by atoms with van der Waals surface area (Å²) in [4.78, 5) is 30.0. The number of hydrogen-bond donors (Lipinski definition) is 1. The van der Waals surface area contributed by atoms with Crippen molar-refractivity contribution in [3.63, 3.8) is 0 Å². The quantitative estimate of drug-likeness (QED) is 0.160. The fourth-order valence-electron chi connectivity index (χ4n) is 5.01. The van der Waals surface area contributed by atoms with Gasteiger partial charge >= 0.3 is 0 Å². The van der Waals surface area contributed by atoms with Crippen LogP contribution in [0.5, 0.6) is 0 Å². The summed E-state index contributed by atoms with van der Waals surface area (Å²) >= 11 is 12.5. The highest BCUT2D eigenvalue weighted by molar-refractivity contribution is 7.92. The van der Waals surface area contributed by atoms with Crippen molar-refractivity contribution in [3.8, 4) is 0 Å². The number of amides is 2. The number of anilines is 1. The van der Waals surface area contributed by atoms with E-state index in [1.165, 1.54) is 35.2 Å². The largest absolute Gasteiger partial charge is 0.352 e. The summed E-state index contributed by atoms with van der Waals surface area (Å²) < 4.78 is 29.4. The summed E-state index contributed by atoms with van der Waals surface area (Å²) in [6.45, 7) is 7.19. The lowest BCUT2D eigenvalue weighted by atomic mass is 10.0. The Morgan fingerprint density at radius 3 is 2.11 bits per heavy atom. The Kier molecular flexibility index (Phi) is 11.9. The van der Waals surface area contributed by atoms with Crippen LogP contribution < -0.4 is 9.62 Å². The predicted octanol–water partition coefficient (Wildman–Crippen LogP) is 7.36. The first kappa shape index (κ1) is 35.0. The molecule has 0 aliphatic heterocycles. The normalized spacial score (nSPS) is 12.7. The lowest BCUT2D eigenvalue weighted by molar-refractivity contribution is -0.140. The van der Waals surface area contributed by atoms with Crippen molar-refractivity contribution in [2.75, 3.05) is 10.8 Å². The van der Waals surface area contributed by atoms with E-state index >= 15 is 0 Å². The van der Waals surface area contributed by atoms with E-state index in [1.54, 1.807) is 12.1 Å². The average Bonchev–Trinajstić information content (AvgIpc) is 3.03. The smallest absolute Gasteiger partial charge is 0.264 e. The third-order valence-corrected chi connectivity index (χ3v) is 10.3. The number of hydrogen-bond acceptors (Lipinski definition) is 4. The highest BCUT2D eigenvalue weighted by atomic mass is 35.5. The lowest BCUT2D eigenvalue weighted by Crippen LogP contribution is -2.54. The third-order valence-electron chi connectivity index (χ3n) is 7.79. The topological polar surface area (TPSA) is 86.8 Å². The van der Waals surface area contributed by atoms with Gasteiger partial charge in [-0.15, -0.1) is 0 Å².